The fourth-order valence-corrected chi connectivity index (χ4v) is 7.52. The molecule has 2 aliphatic heterocycles. The Kier molecular flexibility index (Phi) is 9.58. The second kappa shape index (κ2) is 16.8. The van der Waals surface area contributed by atoms with Gasteiger partial charge in [0.1, 0.15) is 12.6 Å². The summed E-state index contributed by atoms with van der Waals surface area (Å²) in [5.41, 5.74) is 0.863. The first-order valence-electron chi connectivity index (χ1n) is 20.5. The first-order chi connectivity index (χ1) is 28.2. The zero-order valence-electron chi connectivity index (χ0n) is 35.8. The van der Waals surface area contributed by atoms with E-state index in [1.54, 1.807) is 29.2 Å². The zero-order valence-corrected chi connectivity index (χ0v) is 29.6. The Morgan fingerprint density at radius 1 is 1.04 bits per heavy atom. The number of alkyl halides is 3. The van der Waals surface area contributed by atoms with Crippen LogP contribution in [0.25, 0.3) is 11.1 Å². The van der Waals surface area contributed by atoms with E-state index in [0.717, 1.165) is 30.0 Å². The monoisotopic (exact) mass is 758 g/mol. The summed E-state index contributed by atoms with van der Waals surface area (Å²) in [6, 6.07) is 13.5. The van der Waals surface area contributed by atoms with Crippen molar-refractivity contribution < 1.29 is 46.2 Å². The molecule has 6 rings (SSSR count). The van der Waals surface area contributed by atoms with E-state index in [-0.39, 0.29) is 64.4 Å². The summed E-state index contributed by atoms with van der Waals surface area (Å²) in [5, 5.41) is 11.3. The van der Waals surface area contributed by atoms with E-state index in [2.05, 4.69) is 0 Å². The number of hydrogen-bond donors (Lipinski definition) is 1. The number of ether oxygens (including phenoxy) is 1. The number of methoxy groups -OCH3 is 1. The van der Waals surface area contributed by atoms with Gasteiger partial charge in [0, 0.05) is 61.8 Å². The molecular weight excluding hydrogens is 710 g/mol. The lowest BCUT2D eigenvalue weighted by atomic mass is 9.99. The highest BCUT2D eigenvalue weighted by Gasteiger charge is 2.33. The predicted molar refractivity (Wildman–Crippen MR) is 198 cm³/mol. The molecule has 0 saturated carbocycles. The van der Waals surface area contributed by atoms with Gasteiger partial charge in [-0.1, -0.05) is 66.2 Å². The van der Waals surface area contributed by atoms with Gasteiger partial charge in [-0.3, -0.25) is 4.79 Å². The lowest BCUT2D eigenvalue weighted by Crippen LogP contribution is -2.50. The Hall–Kier alpha value is -4.23. The Bertz CT molecular complexity index is 2240. The Morgan fingerprint density at radius 2 is 1.74 bits per heavy atom. The van der Waals surface area contributed by atoms with Crippen LogP contribution in [0.5, 0.6) is 0 Å². The molecule has 2 heterocycles. The maximum Gasteiger partial charge on any atom is 0.416 e. The minimum atomic E-state index is -4.49. The van der Waals surface area contributed by atoms with E-state index in [1.807, 2.05) is 4.90 Å². The van der Waals surface area contributed by atoms with Crippen LogP contribution in [0.1, 0.15) is 56.4 Å². The molecule has 6 nitrogen and oxygen atoms in total. The van der Waals surface area contributed by atoms with E-state index >= 15 is 0 Å². The molecule has 2 aliphatic rings. The van der Waals surface area contributed by atoms with E-state index in [9.17, 15) is 31.9 Å². The first-order valence-corrected chi connectivity index (χ1v) is 18.0. The molecule has 0 aliphatic carbocycles. The summed E-state index contributed by atoms with van der Waals surface area (Å²) in [5.74, 6) is -2.92. The normalized spacial score (nSPS) is 19.0. The SMILES string of the molecule is [2H]C1=C(SCc2cccc(F)c2F)N(CC(=O)N(Cc2ccc(-c3ccc(C(F)(F)F)cc3)cc2)C2CCN(CCOC([2H])([2H])[2H])CC2)c2c([2H])c([2H])c(C)c([2H])c2C1O. The second-order valence-corrected chi connectivity index (χ2v) is 13.9. The number of aliphatic hydroxyl groups excluding tert-OH is 1. The summed E-state index contributed by atoms with van der Waals surface area (Å²) in [7, 11) is -2.54. The molecule has 0 spiro atoms. The number of thioether (sulfide) groups is 1. The standard InChI is InChI=1S/C41H42F5N3O3S/c1-27-6-15-36-34(22-27)37(50)23-39(53-26-31-4-3-5-35(42)40(31)43)49(36)25-38(51)48(33-16-18-47(19-17-33)20-21-52-2)24-28-7-9-29(10-8-28)30-11-13-32(14-12-30)41(44,45)46/h3-15,22-23,33,37,50H,16-21,24-26H2,1-2H3/i2D3,6D,15D,22D,23D. The van der Waals surface area contributed by atoms with Crippen molar-refractivity contribution in [3.05, 3.63) is 135 Å². The number of anilines is 1. The van der Waals surface area contributed by atoms with Gasteiger partial charge in [0.2, 0.25) is 5.91 Å². The van der Waals surface area contributed by atoms with Gasteiger partial charge in [0.05, 0.1) is 26.8 Å². The number of likely N-dealkylation sites (tertiary alicyclic amines) is 1. The number of hydrogen-bond acceptors (Lipinski definition) is 6. The third kappa shape index (κ3) is 9.29. The highest BCUT2D eigenvalue weighted by molar-refractivity contribution is 8.02. The van der Waals surface area contributed by atoms with Crippen LogP contribution >= 0.6 is 11.8 Å². The van der Waals surface area contributed by atoms with E-state index < -0.39 is 61.1 Å². The summed E-state index contributed by atoms with van der Waals surface area (Å²) in [6.45, 7) is 2.27. The fraction of sp³-hybridized carbons (Fsp3) is 0.341. The average Bonchev–Trinajstić information content (AvgIpc) is 3.20. The Balaban J connectivity index is 1.33. The number of amides is 1. The third-order valence-electron chi connectivity index (χ3n) is 9.36. The molecule has 4 aromatic carbocycles. The van der Waals surface area contributed by atoms with E-state index in [4.69, 9.17) is 14.3 Å². The minimum absolute atomic E-state index is 0.0258. The van der Waals surface area contributed by atoms with Crippen LogP contribution in [-0.4, -0.2) is 66.7 Å². The van der Waals surface area contributed by atoms with Gasteiger partial charge in [-0.05, 0) is 66.7 Å². The van der Waals surface area contributed by atoms with E-state index in [0.29, 0.717) is 49.2 Å². The number of carbonyl (C=O) groups is 1. The molecule has 1 fully saturated rings. The maximum absolute atomic E-state index is 14.8. The van der Waals surface area contributed by atoms with Gasteiger partial charge >= 0.3 is 6.18 Å². The highest BCUT2D eigenvalue weighted by atomic mass is 32.2. The van der Waals surface area contributed by atoms with Crippen LogP contribution in [0.3, 0.4) is 0 Å². The number of piperidine rings is 1. The lowest BCUT2D eigenvalue weighted by Gasteiger charge is -2.40. The van der Waals surface area contributed by atoms with Gasteiger partial charge in [-0.15, -0.1) is 11.8 Å². The number of aliphatic hydroxyl groups is 1. The number of benzene rings is 4. The minimum Gasteiger partial charge on any atom is -0.384 e. The van der Waals surface area contributed by atoms with Crippen LogP contribution in [0.15, 0.2) is 95.9 Å². The van der Waals surface area contributed by atoms with Gasteiger partial charge in [0.25, 0.3) is 0 Å². The van der Waals surface area contributed by atoms with Crippen molar-refractivity contribution in [2.45, 2.75) is 50.4 Å². The summed E-state index contributed by atoms with van der Waals surface area (Å²) >= 11 is 0.840. The molecule has 0 bridgehead atoms. The van der Waals surface area contributed by atoms with Gasteiger partial charge < -0.3 is 24.5 Å². The van der Waals surface area contributed by atoms with Gasteiger partial charge in [-0.25, -0.2) is 8.78 Å². The highest BCUT2D eigenvalue weighted by Crippen LogP contribution is 2.41. The van der Waals surface area contributed by atoms with E-state index in [1.165, 1.54) is 36.1 Å². The molecule has 1 amide bonds. The molecule has 4 aromatic rings. The molecule has 1 N–H and O–H groups in total. The summed E-state index contributed by atoms with van der Waals surface area (Å²) < 4.78 is 131. The Labute approximate surface area is 320 Å². The molecular formula is C41H42F5N3O3S. The van der Waals surface area contributed by atoms with Crippen molar-refractivity contribution in [2.24, 2.45) is 0 Å². The fourth-order valence-electron chi connectivity index (χ4n) is 6.50. The van der Waals surface area contributed by atoms with Crippen molar-refractivity contribution in [1.29, 1.82) is 0 Å². The molecule has 1 atom stereocenters. The number of carbonyl (C=O) groups excluding carboxylic acids is 1. The van der Waals surface area contributed by atoms with Crippen molar-refractivity contribution in [3.8, 4) is 11.1 Å². The molecule has 53 heavy (non-hydrogen) atoms. The number of nitrogens with zero attached hydrogens (tertiary/aromatic N) is 3. The molecule has 1 saturated heterocycles. The van der Waals surface area contributed by atoms with Crippen LogP contribution in [0.2, 0.25) is 0 Å². The molecule has 0 aromatic heterocycles. The van der Waals surface area contributed by atoms with Crippen molar-refractivity contribution in [1.82, 2.24) is 9.80 Å². The predicted octanol–water partition coefficient (Wildman–Crippen LogP) is 8.73. The van der Waals surface area contributed by atoms with Crippen molar-refractivity contribution in [2.75, 3.05) is 44.7 Å². The van der Waals surface area contributed by atoms with Crippen LogP contribution < -0.4 is 4.90 Å². The third-order valence-corrected chi connectivity index (χ3v) is 10.4. The maximum atomic E-state index is 14.8. The summed E-state index contributed by atoms with van der Waals surface area (Å²) in [4.78, 5) is 19.8. The second-order valence-electron chi connectivity index (χ2n) is 12.9. The van der Waals surface area contributed by atoms with Gasteiger partial charge in [-0.2, -0.15) is 13.2 Å². The van der Waals surface area contributed by atoms with Gasteiger partial charge in [0.15, 0.2) is 11.6 Å². The molecule has 1 unspecified atom stereocenters. The molecule has 0 radical (unpaired) electrons. The molecule has 280 valence electrons. The largest absolute Gasteiger partial charge is 0.416 e. The van der Waals surface area contributed by atoms with Crippen molar-refractivity contribution in [3.63, 3.8) is 0 Å². The number of halogens is 5. The first kappa shape index (κ1) is 30.1. The number of rotatable bonds is 12. The van der Waals surface area contributed by atoms with Crippen LogP contribution in [0.4, 0.5) is 27.6 Å². The summed E-state index contributed by atoms with van der Waals surface area (Å²) in [6.07, 6.45) is -5.27. The van der Waals surface area contributed by atoms with Crippen LogP contribution in [-0.2, 0) is 28.0 Å². The van der Waals surface area contributed by atoms with Crippen molar-refractivity contribution >= 4 is 23.4 Å². The zero-order chi connectivity index (χ0) is 43.7. The quantitative estimate of drug-likeness (QED) is 0.146. The topological polar surface area (TPSA) is 56.3 Å². The number of fused-ring (bicyclic) bond motifs is 1. The molecule has 12 heteroatoms. The Morgan fingerprint density at radius 3 is 2.42 bits per heavy atom. The lowest BCUT2D eigenvalue weighted by molar-refractivity contribution is -0.137. The van der Waals surface area contributed by atoms with Crippen LogP contribution in [0, 0.1) is 18.6 Å². The average molecular weight is 759 g/mol. The smallest absolute Gasteiger partial charge is 0.384 e.